The molecule has 126 valence electrons. The summed E-state index contributed by atoms with van der Waals surface area (Å²) >= 11 is 0. The highest BCUT2D eigenvalue weighted by molar-refractivity contribution is 6.05. The Hall–Kier alpha value is -3.09. The number of benzene rings is 2. The Bertz CT molecular complexity index is 758. The molecule has 0 unspecified atom stereocenters. The molecular formula is C17H18N2O5. The molecule has 0 aliphatic rings. The molecule has 0 spiro atoms. The van der Waals surface area contributed by atoms with Crippen molar-refractivity contribution < 1.29 is 19.2 Å². The van der Waals surface area contributed by atoms with Gasteiger partial charge in [0.25, 0.3) is 11.6 Å². The lowest BCUT2D eigenvalue weighted by Gasteiger charge is -2.12. The molecule has 0 aliphatic heterocycles. The molecule has 1 N–H and O–H groups in total. The van der Waals surface area contributed by atoms with E-state index in [-0.39, 0.29) is 23.4 Å². The average Bonchev–Trinajstić information content (AvgIpc) is 2.54. The van der Waals surface area contributed by atoms with E-state index in [0.717, 1.165) is 0 Å². The summed E-state index contributed by atoms with van der Waals surface area (Å²) in [5, 5.41) is 13.5. The lowest BCUT2D eigenvalue weighted by molar-refractivity contribution is -0.384. The molecule has 0 aromatic heterocycles. The highest BCUT2D eigenvalue weighted by Gasteiger charge is 2.14. The van der Waals surface area contributed by atoms with Crippen LogP contribution >= 0.6 is 0 Å². The molecule has 0 bridgehead atoms. The van der Waals surface area contributed by atoms with Gasteiger partial charge in [-0.25, -0.2) is 0 Å². The van der Waals surface area contributed by atoms with Crippen LogP contribution in [0.4, 0.5) is 11.4 Å². The maximum absolute atomic E-state index is 12.4. The minimum absolute atomic E-state index is 0.00178. The van der Waals surface area contributed by atoms with Crippen molar-refractivity contribution in [1.82, 2.24) is 0 Å². The predicted octanol–water partition coefficient (Wildman–Crippen LogP) is 3.64. The lowest BCUT2D eigenvalue weighted by atomic mass is 10.2. The Morgan fingerprint density at radius 2 is 1.96 bits per heavy atom. The van der Waals surface area contributed by atoms with E-state index in [2.05, 4.69) is 5.32 Å². The Kier molecular flexibility index (Phi) is 5.36. The number of ether oxygens (including phenoxy) is 2. The SMILES string of the molecule is COc1cc([N+](=O)[O-])ccc1NC(=O)c1cccc(OC(C)C)c1. The normalized spacial score (nSPS) is 10.3. The van der Waals surface area contributed by atoms with Gasteiger partial charge in [-0.15, -0.1) is 0 Å². The fourth-order valence-corrected chi connectivity index (χ4v) is 2.07. The minimum Gasteiger partial charge on any atom is -0.494 e. The molecular weight excluding hydrogens is 312 g/mol. The standard InChI is InChI=1S/C17H18N2O5/c1-11(2)24-14-6-4-5-12(9-14)17(20)18-15-8-7-13(19(21)22)10-16(15)23-3/h4-11H,1-3H3,(H,18,20). The summed E-state index contributed by atoms with van der Waals surface area (Å²) in [6.45, 7) is 3.79. The van der Waals surface area contributed by atoms with E-state index in [1.54, 1.807) is 24.3 Å². The van der Waals surface area contributed by atoms with Crippen molar-refractivity contribution in [3.05, 3.63) is 58.1 Å². The van der Waals surface area contributed by atoms with Gasteiger partial charge < -0.3 is 14.8 Å². The number of amides is 1. The van der Waals surface area contributed by atoms with Gasteiger partial charge in [-0.05, 0) is 38.1 Å². The van der Waals surface area contributed by atoms with Crippen LogP contribution in [0.15, 0.2) is 42.5 Å². The first kappa shape index (κ1) is 17.3. The average molecular weight is 330 g/mol. The molecule has 0 heterocycles. The third-order valence-corrected chi connectivity index (χ3v) is 3.11. The summed E-state index contributed by atoms with van der Waals surface area (Å²) in [6, 6.07) is 10.8. The molecule has 0 aliphatic carbocycles. The lowest BCUT2D eigenvalue weighted by Crippen LogP contribution is -2.13. The number of hydrogen-bond acceptors (Lipinski definition) is 5. The van der Waals surface area contributed by atoms with Crippen molar-refractivity contribution in [3.8, 4) is 11.5 Å². The molecule has 0 saturated heterocycles. The Morgan fingerprint density at radius 1 is 1.21 bits per heavy atom. The van der Waals surface area contributed by atoms with Crippen molar-refractivity contribution in [2.24, 2.45) is 0 Å². The second-order valence-corrected chi connectivity index (χ2v) is 5.29. The number of anilines is 1. The number of non-ortho nitro benzene ring substituents is 1. The monoisotopic (exact) mass is 330 g/mol. The topological polar surface area (TPSA) is 90.7 Å². The zero-order chi connectivity index (χ0) is 17.7. The van der Waals surface area contributed by atoms with Crippen LogP contribution in [0.5, 0.6) is 11.5 Å². The third-order valence-electron chi connectivity index (χ3n) is 3.11. The molecule has 1 amide bonds. The Morgan fingerprint density at radius 3 is 2.58 bits per heavy atom. The second kappa shape index (κ2) is 7.45. The van der Waals surface area contributed by atoms with Gasteiger partial charge in [0.2, 0.25) is 0 Å². The maximum atomic E-state index is 12.4. The summed E-state index contributed by atoms with van der Waals surface area (Å²) in [7, 11) is 1.38. The summed E-state index contributed by atoms with van der Waals surface area (Å²) in [5.41, 5.74) is 0.647. The van der Waals surface area contributed by atoms with Gasteiger partial charge in [0.1, 0.15) is 11.5 Å². The van der Waals surface area contributed by atoms with Crippen molar-refractivity contribution in [2.45, 2.75) is 20.0 Å². The first-order chi connectivity index (χ1) is 11.4. The highest BCUT2D eigenvalue weighted by atomic mass is 16.6. The fourth-order valence-electron chi connectivity index (χ4n) is 2.07. The summed E-state index contributed by atoms with van der Waals surface area (Å²) < 4.78 is 10.7. The number of nitrogens with one attached hydrogen (secondary N) is 1. The van der Waals surface area contributed by atoms with E-state index in [9.17, 15) is 14.9 Å². The summed E-state index contributed by atoms with van der Waals surface area (Å²) in [6.07, 6.45) is -0.00178. The van der Waals surface area contributed by atoms with E-state index >= 15 is 0 Å². The van der Waals surface area contributed by atoms with Crippen molar-refractivity contribution >= 4 is 17.3 Å². The van der Waals surface area contributed by atoms with Crippen LogP contribution in [0, 0.1) is 10.1 Å². The van der Waals surface area contributed by atoms with Gasteiger partial charge >= 0.3 is 0 Å². The fraction of sp³-hybridized carbons (Fsp3) is 0.235. The summed E-state index contributed by atoms with van der Waals surface area (Å²) in [5.74, 6) is 0.441. The van der Waals surface area contributed by atoms with Crippen LogP contribution in [0.3, 0.4) is 0 Å². The number of hydrogen-bond donors (Lipinski definition) is 1. The van der Waals surface area contributed by atoms with E-state index in [1.165, 1.54) is 25.3 Å². The van der Waals surface area contributed by atoms with Crippen LogP contribution in [0.1, 0.15) is 24.2 Å². The molecule has 7 nitrogen and oxygen atoms in total. The van der Waals surface area contributed by atoms with Crippen LogP contribution in [0.2, 0.25) is 0 Å². The third kappa shape index (κ3) is 4.22. The molecule has 2 rings (SSSR count). The molecule has 0 atom stereocenters. The highest BCUT2D eigenvalue weighted by Crippen LogP contribution is 2.29. The van der Waals surface area contributed by atoms with Crippen molar-refractivity contribution in [1.29, 1.82) is 0 Å². The molecule has 0 radical (unpaired) electrons. The quantitative estimate of drug-likeness (QED) is 0.645. The molecule has 24 heavy (non-hydrogen) atoms. The van der Waals surface area contributed by atoms with Crippen LogP contribution in [-0.2, 0) is 0 Å². The van der Waals surface area contributed by atoms with Gasteiger partial charge in [-0.3, -0.25) is 14.9 Å². The molecule has 2 aromatic carbocycles. The Labute approximate surface area is 139 Å². The molecule has 0 saturated carbocycles. The second-order valence-electron chi connectivity index (χ2n) is 5.29. The number of nitro groups is 1. The number of rotatable bonds is 6. The smallest absolute Gasteiger partial charge is 0.273 e. The largest absolute Gasteiger partial charge is 0.494 e. The van der Waals surface area contributed by atoms with Gasteiger partial charge in [-0.2, -0.15) is 0 Å². The Balaban J connectivity index is 2.22. The van der Waals surface area contributed by atoms with E-state index in [4.69, 9.17) is 9.47 Å². The maximum Gasteiger partial charge on any atom is 0.273 e. The van der Waals surface area contributed by atoms with Gasteiger partial charge in [-0.1, -0.05) is 6.07 Å². The van der Waals surface area contributed by atoms with Gasteiger partial charge in [0, 0.05) is 11.6 Å². The first-order valence-corrected chi connectivity index (χ1v) is 7.31. The van der Waals surface area contributed by atoms with Crippen LogP contribution in [-0.4, -0.2) is 24.0 Å². The van der Waals surface area contributed by atoms with Crippen LogP contribution < -0.4 is 14.8 Å². The number of carbonyl (C=O) groups excluding carboxylic acids is 1. The first-order valence-electron chi connectivity index (χ1n) is 7.31. The molecule has 2 aromatic rings. The van der Waals surface area contributed by atoms with Gasteiger partial charge in [0.05, 0.1) is 29.9 Å². The zero-order valence-electron chi connectivity index (χ0n) is 13.6. The minimum atomic E-state index is -0.527. The predicted molar refractivity (Wildman–Crippen MR) is 89.8 cm³/mol. The van der Waals surface area contributed by atoms with E-state index in [1.807, 2.05) is 13.8 Å². The summed E-state index contributed by atoms with van der Waals surface area (Å²) in [4.78, 5) is 22.7. The number of methoxy groups -OCH3 is 1. The van der Waals surface area contributed by atoms with Crippen LogP contribution in [0.25, 0.3) is 0 Å². The van der Waals surface area contributed by atoms with E-state index < -0.39 is 4.92 Å². The number of nitrogens with zero attached hydrogens (tertiary/aromatic N) is 1. The number of nitro benzene ring substituents is 1. The zero-order valence-corrected chi connectivity index (χ0v) is 13.6. The number of carbonyl (C=O) groups is 1. The van der Waals surface area contributed by atoms with Crippen molar-refractivity contribution in [2.75, 3.05) is 12.4 Å². The van der Waals surface area contributed by atoms with Crippen molar-refractivity contribution in [3.63, 3.8) is 0 Å². The van der Waals surface area contributed by atoms with Gasteiger partial charge in [0.15, 0.2) is 0 Å². The van der Waals surface area contributed by atoms with E-state index in [0.29, 0.717) is 17.0 Å². The molecule has 0 fully saturated rings. The molecule has 7 heteroatoms.